The van der Waals surface area contributed by atoms with Crippen molar-refractivity contribution in [3.05, 3.63) is 12.2 Å². The van der Waals surface area contributed by atoms with Crippen molar-refractivity contribution < 1.29 is 18.1 Å². The Bertz CT molecular complexity index is 198. The molecule has 4 nitrogen and oxygen atoms in total. The average molecular weight is 204 g/mol. The fourth-order valence-corrected chi connectivity index (χ4v) is 1.32. The van der Waals surface area contributed by atoms with Gasteiger partial charge in [0.2, 0.25) is 0 Å². The SMILES string of the molecule is C=C(C)C(=O)CO[Si](C)(OC)OC. The highest BCUT2D eigenvalue weighted by atomic mass is 28.4. The number of carbonyl (C=O) groups excluding carboxylic acids is 1. The van der Waals surface area contributed by atoms with Crippen LogP contribution in [0.5, 0.6) is 0 Å². The molecule has 5 heteroatoms. The Labute approximate surface area is 79.9 Å². The molecule has 76 valence electrons. The van der Waals surface area contributed by atoms with Gasteiger partial charge in [0.15, 0.2) is 5.78 Å². The first-order valence-corrected chi connectivity index (χ1v) is 6.10. The predicted octanol–water partition coefficient (Wildman–Crippen LogP) is 1.01. The highest BCUT2D eigenvalue weighted by Gasteiger charge is 2.32. The Kier molecular flexibility index (Phi) is 5.08. The molecule has 0 aliphatic heterocycles. The van der Waals surface area contributed by atoms with Crippen molar-refractivity contribution in [2.24, 2.45) is 0 Å². The van der Waals surface area contributed by atoms with Gasteiger partial charge in [-0.1, -0.05) is 6.58 Å². The molecule has 0 spiro atoms. The van der Waals surface area contributed by atoms with E-state index in [1.165, 1.54) is 14.2 Å². The monoisotopic (exact) mass is 204 g/mol. The Balaban J connectivity index is 4.00. The summed E-state index contributed by atoms with van der Waals surface area (Å²) in [6.07, 6.45) is 0. The molecule has 0 bridgehead atoms. The standard InChI is InChI=1S/C8H16O4Si/c1-7(2)8(9)6-12-13(5,10-3)11-4/h1,6H2,2-5H3. The minimum atomic E-state index is -2.57. The maximum atomic E-state index is 11.1. The van der Waals surface area contributed by atoms with Crippen LogP contribution in [0.15, 0.2) is 12.2 Å². The normalized spacial score (nSPS) is 11.4. The summed E-state index contributed by atoms with van der Waals surface area (Å²) in [5, 5.41) is 0. The largest absolute Gasteiger partial charge is 0.497 e. The molecule has 0 fully saturated rings. The van der Waals surface area contributed by atoms with Crippen molar-refractivity contribution in [2.75, 3.05) is 20.8 Å². The second-order valence-electron chi connectivity index (χ2n) is 2.76. The summed E-state index contributed by atoms with van der Waals surface area (Å²) >= 11 is 0. The minimum absolute atomic E-state index is 0.0280. The maximum Gasteiger partial charge on any atom is 0.497 e. The molecule has 0 saturated carbocycles. The molecular weight excluding hydrogens is 188 g/mol. The number of carbonyl (C=O) groups is 1. The Hall–Kier alpha value is -0.493. The lowest BCUT2D eigenvalue weighted by Crippen LogP contribution is -2.41. The van der Waals surface area contributed by atoms with Crippen LogP contribution in [-0.2, 0) is 18.1 Å². The summed E-state index contributed by atoms with van der Waals surface area (Å²) in [5.74, 6) is -0.132. The molecule has 0 aliphatic carbocycles. The summed E-state index contributed by atoms with van der Waals surface area (Å²) in [6.45, 7) is 6.85. The van der Waals surface area contributed by atoms with E-state index in [0.717, 1.165) is 0 Å². The third-order valence-electron chi connectivity index (χ3n) is 1.68. The lowest BCUT2D eigenvalue weighted by molar-refractivity contribution is -0.118. The van der Waals surface area contributed by atoms with Gasteiger partial charge in [-0.05, 0) is 12.5 Å². The highest BCUT2D eigenvalue weighted by molar-refractivity contribution is 6.59. The summed E-state index contributed by atoms with van der Waals surface area (Å²) in [5.41, 5.74) is 0.476. The number of hydrogen-bond acceptors (Lipinski definition) is 4. The van der Waals surface area contributed by atoms with Crippen LogP contribution in [0.1, 0.15) is 6.92 Å². The quantitative estimate of drug-likeness (QED) is 0.478. The second kappa shape index (κ2) is 5.28. The predicted molar refractivity (Wildman–Crippen MR) is 51.4 cm³/mol. The van der Waals surface area contributed by atoms with E-state index in [9.17, 15) is 4.79 Å². The summed E-state index contributed by atoms with van der Waals surface area (Å²) in [4.78, 5) is 11.1. The molecule has 0 amide bonds. The zero-order valence-corrected chi connectivity index (χ0v) is 9.55. The molecule has 13 heavy (non-hydrogen) atoms. The highest BCUT2D eigenvalue weighted by Crippen LogP contribution is 2.06. The van der Waals surface area contributed by atoms with Gasteiger partial charge in [-0.15, -0.1) is 0 Å². The van der Waals surface area contributed by atoms with Crippen molar-refractivity contribution in [3.8, 4) is 0 Å². The van der Waals surface area contributed by atoms with Gasteiger partial charge in [-0.3, -0.25) is 4.79 Å². The van der Waals surface area contributed by atoms with E-state index >= 15 is 0 Å². The summed E-state index contributed by atoms with van der Waals surface area (Å²) in [7, 11) is 0.434. The number of hydrogen-bond donors (Lipinski definition) is 0. The molecular formula is C8H16O4Si. The number of Topliss-reactive ketones (excluding diaryl/α,β-unsaturated/α-hetero) is 1. The van der Waals surface area contributed by atoms with Crippen molar-refractivity contribution in [1.29, 1.82) is 0 Å². The molecule has 0 saturated heterocycles. The van der Waals surface area contributed by atoms with Gasteiger partial charge in [-0.25, -0.2) is 0 Å². The molecule has 0 aromatic carbocycles. The Morgan fingerprint density at radius 2 is 1.85 bits per heavy atom. The van der Waals surface area contributed by atoms with Gasteiger partial charge in [0.05, 0.1) is 0 Å². The third-order valence-corrected chi connectivity index (χ3v) is 3.83. The van der Waals surface area contributed by atoms with Crippen molar-refractivity contribution in [1.82, 2.24) is 0 Å². The van der Waals surface area contributed by atoms with E-state index < -0.39 is 8.80 Å². The van der Waals surface area contributed by atoms with Crippen molar-refractivity contribution >= 4 is 14.6 Å². The van der Waals surface area contributed by atoms with Crippen LogP contribution in [-0.4, -0.2) is 35.4 Å². The van der Waals surface area contributed by atoms with Gasteiger partial charge in [0, 0.05) is 20.8 Å². The lowest BCUT2D eigenvalue weighted by atomic mass is 10.2. The third kappa shape index (κ3) is 4.32. The molecule has 0 rings (SSSR count). The molecule has 0 aromatic rings. The minimum Gasteiger partial charge on any atom is -0.377 e. The fraction of sp³-hybridized carbons (Fsp3) is 0.625. The van der Waals surface area contributed by atoms with Crippen molar-refractivity contribution in [3.63, 3.8) is 0 Å². The van der Waals surface area contributed by atoms with E-state index in [-0.39, 0.29) is 12.4 Å². The molecule has 0 atom stereocenters. The summed E-state index contributed by atoms with van der Waals surface area (Å²) < 4.78 is 15.3. The van der Waals surface area contributed by atoms with Gasteiger partial charge in [-0.2, -0.15) is 0 Å². The van der Waals surface area contributed by atoms with Crippen LogP contribution in [0, 0.1) is 0 Å². The topological polar surface area (TPSA) is 44.8 Å². The van der Waals surface area contributed by atoms with Crippen molar-refractivity contribution in [2.45, 2.75) is 13.5 Å². The van der Waals surface area contributed by atoms with E-state index in [4.69, 9.17) is 13.3 Å². The van der Waals surface area contributed by atoms with E-state index in [0.29, 0.717) is 5.57 Å². The van der Waals surface area contributed by atoms with Crippen LogP contribution in [0.25, 0.3) is 0 Å². The van der Waals surface area contributed by atoms with E-state index in [1.807, 2.05) is 0 Å². The van der Waals surface area contributed by atoms with Gasteiger partial charge < -0.3 is 13.3 Å². The van der Waals surface area contributed by atoms with E-state index in [1.54, 1.807) is 13.5 Å². The average Bonchev–Trinajstić information content (AvgIpc) is 2.13. The van der Waals surface area contributed by atoms with Crippen LogP contribution >= 0.6 is 0 Å². The zero-order chi connectivity index (χ0) is 10.5. The van der Waals surface area contributed by atoms with E-state index in [2.05, 4.69) is 6.58 Å². The molecule has 0 aromatic heterocycles. The van der Waals surface area contributed by atoms with Crippen LogP contribution in [0.3, 0.4) is 0 Å². The number of rotatable bonds is 6. The number of ketones is 1. The van der Waals surface area contributed by atoms with Gasteiger partial charge >= 0.3 is 8.80 Å². The van der Waals surface area contributed by atoms with Gasteiger partial charge in [0.1, 0.15) is 6.61 Å². The molecule has 0 unspecified atom stereocenters. The summed E-state index contributed by atoms with van der Waals surface area (Å²) in [6, 6.07) is 0. The smallest absolute Gasteiger partial charge is 0.377 e. The Morgan fingerprint density at radius 3 is 2.15 bits per heavy atom. The maximum absolute atomic E-state index is 11.1. The molecule has 0 radical (unpaired) electrons. The first-order valence-electron chi connectivity index (χ1n) is 3.88. The fourth-order valence-electron chi connectivity index (χ4n) is 0.521. The first-order chi connectivity index (χ1) is 5.95. The van der Waals surface area contributed by atoms with Crippen LogP contribution in [0.4, 0.5) is 0 Å². The lowest BCUT2D eigenvalue weighted by Gasteiger charge is -2.21. The van der Waals surface area contributed by atoms with Gasteiger partial charge in [0.25, 0.3) is 0 Å². The zero-order valence-electron chi connectivity index (χ0n) is 8.55. The Morgan fingerprint density at radius 1 is 1.38 bits per heavy atom. The van der Waals surface area contributed by atoms with Crippen LogP contribution in [0.2, 0.25) is 6.55 Å². The second-order valence-corrected chi connectivity index (χ2v) is 5.59. The van der Waals surface area contributed by atoms with Crippen LogP contribution < -0.4 is 0 Å². The molecule has 0 aliphatic rings. The first kappa shape index (κ1) is 12.5. The molecule has 0 N–H and O–H groups in total. The molecule has 0 heterocycles.